The molecule has 3 N–H and O–H groups in total. The number of sulfone groups is 1. The predicted molar refractivity (Wildman–Crippen MR) is 113 cm³/mol. The van der Waals surface area contributed by atoms with Crippen LogP contribution in [0.15, 0.2) is 53.4 Å². The van der Waals surface area contributed by atoms with Crippen LogP contribution in [0.3, 0.4) is 0 Å². The molecule has 0 aromatic heterocycles. The highest BCUT2D eigenvalue weighted by molar-refractivity contribution is 7.92. The molecule has 1 aliphatic carbocycles. The smallest absolute Gasteiger partial charge is 0.408 e. The lowest BCUT2D eigenvalue weighted by Gasteiger charge is -2.24. The second-order valence-electron chi connectivity index (χ2n) is 8.32. The SMILES string of the molecule is CC(C)(C)OC(=O)N[C@]1(CN)[C@H](c2ccc(F)cc2)[C@@H]1S(=O)(=O)c1ccc(Cl)cc1. The monoisotopic (exact) mass is 454 g/mol. The lowest BCUT2D eigenvalue weighted by atomic mass is 10.1. The molecular formula is C21H24ClFN2O4S. The number of hydrogen-bond acceptors (Lipinski definition) is 5. The van der Waals surface area contributed by atoms with Crippen LogP contribution < -0.4 is 11.1 Å². The number of nitrogens with one attached hydrogen (secondary N) is 1. The lowest BCUT2D eigenvalue weighted by Crippen LogP contribution is -2.49. The molecule has 1 saturated carbocycles. The molecule has 1 aliphatic rings. The molecule has 9 heteroatoms. The first kappa shape index (κ1) is 22.5. The molecule has 3 rings (SSSR count). The van der Waals surface area contributed by atoms with Gasteiger partial charge in [0.25, 0.3) is 0 Å². The fourth-order valence-electron chi connectivity index (χ4n) is 3.71. The first-order chi connectivity index (χ1) is 13.9. The van der Waals surface area contributed by atoms with Crippen molar-refractivity contribution in [1.82, 2.24) is 5.32 Å². The quantitative estimate of drug-likeness (QED) is 0.718. The Bertz CT molecular complexity index is 1040. The van der Waals surface area contributed by atoms with Gasteiger partial charge in [-0.2, -0.15) is 0 Å². The van der Waals surface area contributed by atoms with Crippen LogP contribution in [-0.4, -0.2) is 37.4 Å². The normalized spacial score (nSPS) is 23.7. The van der Waals surface area contributed by atoms with Gasteiger partial charge in [-0.25, -0.2) is 17.6 Å². The summed E-state index contributed by atoms with van der Waals surface area (Å²) in [4.78, 5) is 12.6. The molecule has 0 spiro atoms. The fourth-order valence-corrected chi connectivity index (χ4v) is 6.18. The molecule has 2 aromatic rings. The Labute approximate surface area is 180 Å². The van der Waals surface area contributed by atoms with Gasteiger partial charge >= 0.3 is 6.09 Å². The number of carbonyl (C=O) groups excluding carboxylic acids is 1. The molecule has 30 heavy (non-hydrogen) atoms. The number of benzene rings is 2. The van der Waals surface area contributed by atoms with E-state index in [0.717, 1.165) is 0 Å². The van der Waals surface area contributed by atoms with Crippen LogP contribution in [0.2, 0.25) is 5.02 Å². The molecule has 0 unspecified atom stereocenters. The Morgan fingerprint density at radius 3 is 2.23 bits per heavy atom. The summed E-state index contributed by atoms with van der Waals surface area (Å²) in [6.45, 7) is 4.96. The molecule has 162 valence electrons. The minimum atomic E-state index is -3.90. The average Bonchev–Trinajstić information content (AvgIpc) is 3.30. The van der Waals surface area contributed by atoms with Crippen molar-refractivity contribution < 1.29 is 22.3 Å². The van der Waals surface area contributed by atoms with Crippen LogP contribution in [0.1, 0.15) is 32.3 Å². The largest absolute Gasteiger partial charge is 0.444 e. The Balaban J connectivity index is 2.03. The van der Waals surface area contributed by atoms with E-state index in [1.54, 1.807) is 20.8 Å². The van der Waals surface area contributed by atoms with Gasteiger partial charge in [0.05, 0.1) is 10.4 Å². The number of hydrogen-bond donors (Lipinski definition) is 2. The summed E-state index contributed by atoms with van der Waals surface area (Å²) in [6.07, 6.45) is -0.770. The third kappa shape index (κ3) is 4.31. The predicted octanol–water partition coefficient (Wildman–Crippen LogP) is 3.64. The Morgan fingerprint density at radius 2 is 1.73 bits per heavy atom. The van der Waals surface area contributed by atoms with Gasteiger partial charge in [-0.1, -0.05) is 23.7 Å². The topological polar surface area (TPSA) is 98.5 Å². The lowest BCUT2D eigenvalue weighted by molar-refractivity contribution is 0.0497. The van der Waals surface area contributed by atoms with E-state index in [4.69, 9.17) is 22.1 Å². The van der Waals surface area contributed by atoms with Crippen LogP contribution in [0.5, 0.6) is 0 Å². The molecule has 0 saturated heterocycles. The molecule has 0 aliphatic heterocycles. The average molecular weight is 455 g/mol. The van der Waals surface area contributed by atoms with Crippen molar-refractivity contribution in [1.29, 1.82) is 0 Å². The first-order valence-corrected chi connectivity index (χ1v) is 11.3. The Hall–Kier alpha value is -2.16. The van der Waals surface area contributed by atoms with Gasteiger partial charge in [0.1, 0.15) is 16.7 Å². The van der Waals surface area contributed by atoms with E-state index in [0.29, 0.717) is 10.6 Å². The highest BCUT2D eigenvalue weighted by Crippen LogP contribution is 2.57. The summed E-state index contributed by atoms with van der Waals surface area (Å²) >= 11 is 5.89. The second kappa shape index (κ2) is 7.83. The zero-order chi connectivity index (χ0) is 22.3. The molecule has 0 bridgehead atoms. The van der Waals surface area contributed by atoms with Crippen LogP contribution in [0.25, 0.3) is 0 Å². The van der Waals surface area contributed by atoms with E-state index < -0.39 is 44.1 Å². The summed E-state index contributed by atoms with van der Waals surface area (Å²) in [7, 11) is -3.90. The molecule has 0 heterocycles. The van der Waals surface area contributed by atoms with E-state index in [1.165, 1.54) is 48.5 Å². The van der Waals surface area contributed by atoms with Crippen molar-refractivity contribution in [2.75, 3.05) is 6.54 Å². The minimum absolute atomic E-state index is 0.0605. The molecule has 3 atom stereocenters. The van der Waals surface area contributed by atoms with Crippen molar-refractivity contribution in [3.8, 4) is 0 Å². The summed E-state index contributed by atoms with van der Waals surface area (Å²) in [5.74, 6) is -1.12. The maximum absolute atomic E-state index is 13.4. The number of nitrogens with two attached hydrogens (primary N) is 1. The zero-order valence-electron chi connectivity index (χ0n) is 16.9. The van der Waals surface area contributed by atoms with Crippen molar-refractivity contribution in [2.45, 2.75) is 48.0 Å². The van der Waals surface area contributed by atoms with Crippen molar-refractivity contribution in [3.63, 3.8) is 0 Å². The summed E-state index contributed by atoms with van der Waals surface area (Å²) < 4.78 is 45.6. The van der Waals surface area contributed by atoms with Crippen LogP contribution in [0.4, 0.5) is 9.18 Å². The van der Waals surface area contributed by atoms with Crippen molar-refractivity contribution in [2.24, 2.45) is 5.73 Å². The van der Waals surface area contributed by atoms with E-state index in [1.807, 2.05) is 0 Å². The zero-order valence-corrected chi connectivity index (χ0v) is 18.4. The standard InChI is InChI=1S/C21H24ClFN2O4S/c1-20(2,3)29-19(26)25-21(12-24)17(13-4-8-15(23)9-5-13)18(21)30(27,28)16-10-6-14(22)7-11-16/h4-11,17-18H,12,24H2,1-3H3,(H,25,26)/t17-,18+,21-/m1/s1. The van der Waals surface area contributed by atoms with E-state index in [9.17, 15) is 17.6 Å². The van der Waals surface area contributed by atoms with Gasteiger partial charge in [-0.05, 0) is 62.7 Å². The van der Waals surface area contributed by atoms with Gasteiger partial charge in [-0.3, -0.25) is 0 Å². The van der Waals surface area contributed by atoms with Gasteiger partial charge in [-0.15, -0.1) is 0 Å². The molecule has 1 fully saturated rings. The van der Waals surface area contributed by atoms with Crippen molar-refractivity contribution >= 4 is 27.5 Å². The minimum Gasteiger partial charge on any atom is -0.444 e. The molecule has 0 radical (unpaired) electrons. The van der Waals surface area contributed by atoms with Crippen LogP contribution in [0, 0.1) is 5.82 Å². The third-order valence-electron chi connectivity index (χ3n) is 5.03. The summed E-state index contributed by atoms with van der Waals surface area (Å²) in [6, 6.07) is 11.3. The maximum atomic E-state index is 13.4. The molecular weight excluding hydrogens is 431 g/mol. The Morgan fingerprint density at radius 1 is 1.17 bits per heavy atom. The van der Waals surface area contributed by atoms with Crippen LogP contribution >= 0.6 is 11.6 Å². The van der Waals surface area contributed by atoms with E-state index >= 15 is 0 Å². The molecule has 2 aromatic carbocycles. The molecule has 1 amide bonds. The van der Waals surface area contributed by atoms with Gasteiger partial charge in [0.15, 0.2) is 9.84 Å². The second-order valence-corrected chi connectivity index (χ2v) is 10.8. The van der Waals surface area contributed by atoms with Gasteiger partial charge < -0.3 is 15.8 Å². The number of halogens is 2. The van der Waals surface area contributed by atoms with Crippen LogP contribution in [-0.2, 0) is 14.6 Å². The Kier molecular flexibility index (Phi) is 5.88. The first-order valence-electron chi connectivity index (χ1n) is 9.37. The van der Waals surface area contributed by atoms with Gasteiger partial charge in [0.2, 0.25) is 0 Å². The summed E-state index contributed by atoms with van der Waals surface area (Å²) in [5.41, 5.74) is 4.49. The van der Waals surface area contributed by atoms with E-state index in [2.05, 4.69) is 5.32 Å². The number of ether oxygens (including phenoxy) is 1. The number of carbonyl (C=O) groups is 1. The molecule has 6 nitrogen and oxygen atoms in total. The summed E-state index contributed by atoms with van der Waals surface area (Å²) in [5, 5.41) is 2.04. The number of amides is 1. The highest BCUT2D eigenvalue weighted by atomic mass is 35.5. The third-order valence-corrected chi connectivity index (χ3v) is 7.58. The number of rotatable bonds is 5. The number of alkyl carbamates (subject to hydrolysis) is 1. The van der Waals surface area contributed by atoms with Gasteiger partial charge in [0, 0.05) is 17.5 Å². The fraction of sp³-hybridized carbons (Fsp3) is 0.381. The maximum Gasteiger partial charge on any atom is 0.408 e. The van der Waals surface area contributed by atoms with E-state index in [-0.39, 0.29) is 11.4 Å². The van der Waals surface area contributed by atoms with Crippen molar-refractivity contribution in [3.05, 3.63) is 64.9 Å². The highest BCUT2D eigenvalue weighted by Gasteiger charge is 2.71.